The van der Waals surface area contributed by atoms with E-state index in [0.29, 0.717) is 0 Å². The first-order valence-corrected chi connectivity index (χ1v) is 4.99. The highest BCUT2D eigenvalue weighted by atomic mass is 16.7. The fraction of sp³-hybridized carbons (Fsp3) is 0.900. The van der Waals surface area contributed by atoms with E-state index in [1.807, 2.05) is 0 Å². The van der Waals surface area contributed by atoms with Gasteiger partial charge in [0, 0.05) is 13.0 Å². The molecule has 0 fully saturated rings. The molecule has 0 aliphatic heterocycles. The van der Waals surface area contributed by atoms with Crippen molar-refractivity contribution >= 4 is 5.91 Å². The van der Waals surface area contributed by atoms with Gasteiger partial charge in [-0.15, -0.1) is 0 Å². The Morgan fingerprint density at radius 2 is 1.77 bits per heavy atom. The van der Waals surface area contributed by atoms with Crippen LogP contribution < -0.4 is 0 Å². The van der Waals surface area contributed by atoms with Crippen LogP contribution in [0.25, 0.3) is 0 Å². The number of carbonyl (C=O) groups excluding carboxylic acids is 1. The lowest BCUT2D eigenvalue weighted by molar-refractivity contribution is -0.173. The van der Waals surface area contributed by atoms with Gasteiger partial charge in [0.2, 0.25) is 5.91 Å². The second-order valence-corrected chi connectivity index (χ2v) is 3.29. The van der Waals surface area contributed by atoms with Gasteiger partial charge in [-0.3, -0.25) is 9.63 Å². The number of amides is 1. The topological polar surface area (TPSA) is 29.5 Å². The average Bonchev–Trinajstić information content (AvgIpc) is 2.15. The molecule has 1 amide bonds. The Labute approximate surface area is 81.0 Å². The predicted octanol–water partition coefficient (Wildman–Crippen LogP) is 2.22. The Balaban J connectivity index is 4.09. The van der Waals surface area contributed by atoms with E-state index in [2.05, 4.69) is 13.8 Å². The number of carbonyl (C=O) groups is 1. The molecule has 3 nitrogen and oxygen atoms in total. The molecule has 3 heteroatoms. The molecule has 0 aliphatic carbocycles. The number of nitrogens with zero attached hydrogens (tertiary/aromatic N) is 1. The van der Waals surface area contributed by atoms with Crippen molar-refractivity contribution in [3.8, 4) is 0 Å². The molecule has 0 radical (unpaired) electrons. The van der Waals surface area contributed by atoms with Crippen molar-refractivity contribution in [1.29, 1.82) is 0 Å². The summed E-state index contributed by atoms with van der Waals surface area (Å²) in [6, 6.07) is 0. The molecular weight excluding hydrogens is 166 g/mol. The Hall–Kier alpha value is -0.570. The Kier molecular flexibility index (Phi) is 6.59. The van der Waals surface area contributed by atoms with Crippen molar-refractivity contribution in [2.24, 2.45) is 5.92 Å². The van der Waals surface area contributed by atoms with Crippen LogP contribution in [0.3, 0.4) is 0 Å². The average molecular weight is 187 g/mol. The molecule has 0 aromatic carbocycles. The smallest absolute Gasteiger partial charge is 0.248 e. The van der Waals surface area contributed by atoms with Gasteiger partial charge in [0.25, 0.3) is 0 Å². The zero-order valence-corrected chi connectivity index (χ0v) is 9.17. The molecule has 13 heavy (non-hydrogen) atoms. The van der Waals surface area contributed by atoms with Crippen molar-refractivity contribution in [2.45, 2.75) is 39.5 Å². The van der Waals surface area contributed by atoms with Crippen LogP contribution in [-0.2, 0) is 9.63 Å². The van der Waals surface area contributed by atoms with Gasteiger partial charge in [-0.05, 0) is 12.8 Å². The highest BCUT2D eigenvalue weighted by Crippen LogP contribution is 2.15. The summed E-state index contributed by atoms with van der Waals surface area (Å²) in [5.74, 6) is 0.242. The summed E-state index contributed by atoms with van der Waals surface area (Å²) in [6.45, 7) is 4.20. The molecule has 0 aliphatic rings. The van der Waals surface area contributed by atoms with Gasteiger partial charge in [-0.1, -0.05) is 26.7 Å². The van der Waals surface area contributed by atoms with Crippen LogP contribution in [0.2, 0.25) is 0 Å². The molecule has 0 N–H and O–H groups in total. The first-order chi connectivity index (χ1) is 6.17. The second kappa shape index (κ2) is 6.89. The van der Waals surface area contributed by atoms with Gasteiger partial charge < -0.3 is 0 Å². The summed E-state index contributed by atoms with van der Waals surface area (Å²) in [6.07, 6.45) is 4.02. The van der Waals surface area contributed by atoms with Crippen LogP contribution >= 0.6 is 0 Å². The molecule has 0 unspecified atom stereocenters. The van der Waals surface area contributed by atoms with E-state index < -0.39 is 0 Å². The highest BCUT2D eigenvalue weighted by Gasteiger charge is 2.20. The van der Waals surface area contributed by atoms with Gasteiger partial charge >= 0.3 is 0 Å². The molecule has 0 aromatic heterocycles. The molecule has 0 heterocycles. The molecule has 0 atom stereocenters. The summed E-state index contributed by atoms with van der Waals surface area (Å²) in [4.78, 5) is 16.5. The lowest BCUT2D eigenvalue weighted by Crippen LogP contribution is -2.32. The maximum absolute atomic E-state index is 11.7. The summed E-state index contributed by atoms with van der Waals surface area (Å²) < 4.78 is 0. The number of hydrogen-bond donors (Lipinski definition) is 0. The van der Waals surface area contributed by atoms with Gasteiger partial charge in [0.1, 0.15) is 0 Å². The van der Waals surface area contributed by atoms with Crippen molar-refractivity contribution < 1.29 is 9.63 Å². The molecule has 0 aromatic rings. The minimum Gasteiger partial charge on any atom is -0.275 e. The van der Waals surface area contributed by atoms with E-state index in [1.54, 1.807) is 7.05 Å². The van der Waals surface area contributed by atoms with E-state index in [0.717, 1.165) is 25.7 Å². The van der Waals surface area contributed by atoms with E-state index in [4.69, 9.17) is 4.84 Å². The number of hydroxylamine groups is 2. The molecule has 0 saturated carbocycles. The maximum Gasteiger partial charge on any atom is 0.248 e. The minimum absolute atomic E-state index is 0.103. The maximum atomic E-state index is 11.7. The molecular formula is C10H21NO2. The van der Waals surface area contributed by atoms with Crippen LogP contribution in [0, 0.1) is 5.92 Å². The highest BCUT2D eigenvalue weighted by molar-refractivity contribution is 5.77. The van der Waals surface area contributed by atoms with Crippen molar-refractivity contribution in [3.63, 3.8) is 0 Å². The molecule has 0 bridgehead atoms. The van der Waals surface area contributed by atoms with Crippen molar-refractivity contribution in [2.75, 3.05) is 14.2 Å². The second-order valence-electron chi connectivity index (χ2n) is 3.29. The molecule has 0 rings (SSSR count). The Morgan fingerprint density at radius 1 is 1.31 bits per heavy atom. The summed E-state index contributed by atoms with van der Waals surface area (Å²) in [5, 5.41) is 1.33. The summed E-state index contributed by atoms with van der Waals surface area (Å²) >= 11 is 0. The number of hydrogen-bond acceptors (Lipinski definition) is 2. The van der Waals surface area contributed by atoms with Crippen LogP contribution in [-0.4, -0.2) is 25.1 Å². The van der Waals surface area contributed by atoms with Crippen molar-refractivity contribution in [3.05, 3.63) is 0 Å². The SMILES string of the molecule is CCCC(CCC)C(=O)N(C)OC. The summed E-state index contributed by atoms with van der Waals surface area (Å²) in [7, 11) is 3.19. The van der Waals surface area contributed by atoms with E-state index >= 15 is 0 Å². The third kappa shape index (κ3) is 4.27. The third-order valence-electron chi connectivity index (χ3n) is 2.21. The van der Waals surface area contributed by atoms with Crippen LogP contribution in [0.15, 0.2) is 0 Å². The largest absolute Gasteiger partial charge is 0.275 e. The van der Waals surface area contributed by atoms with Crippen LogP contribution in [0.4, 0.5) is 0 Å². The lowest BCUT2D eigenvalue weighted by atomic mass is 9.97. The van der Waals surface area contributed by atoms with Crippen molar-refractivity contribution in [1.82, 2.24) is 5.06 Å². The van der Waals surface area contributed by atoms with Gasteiger partial charge in [-0.25, -0.2) is 5.06 Å². The van der Waals surface area contributed by atoms with E-state index in [1.165, 1.54) is 12.2 Å². The zero-order chi connectivity index (χ0) is 10.3. The van der Waals surface area contributed by atoms with Gasteiger partial charge in [0.05, 0.1) is 7.11 Å². The Morgan fingerprint density at radius 3 is 2.08 bits per heavy atom. The van der Waals surface area contributed by atoms with Gasteiger partial charge in [-0.2, -0.15) is 0 Å². The Bertz CT molecular complexity index is 142. The fourth-order valence-corrected chi connectivity index (χ4v) is 1.44. The van der Waals surface area contributed by atoms with Crippen LogP contribution in [0.1, 0.15) is 39.5 Å². The standard InChI is InChI=1S/C10H21NO2/c1-5-7-9(8-6-2)10(12)11(3)13-4/h9H,5-8H2,1-4H3. The third-order valence-corrected chi connectivity index (χ3v) is 2.21. The first kappa shape index (κ1) is 12.4. The monoisotopic (exact) mass is 187 g/mol. The summed E-state index contributed by atoms with van der Waals surface area (Å²) in [5.41, 5.74) is 0. The quantitative estimate of drug-likeness (QED) is 0.597. The normalized spacial score (nSPS) is 10.5. The van der Waals surface area contributed by atoms with Crippen LogP contribution in [0.5, 0.6) is 0 Å². The fourth-order valence-electron chi connectivity index (χ4n) is 1.44. The number of rotatable bonds is 6. The predicted molar refractivity (Wildman–Crippen MR) is 53.1 cm³/mol. The lowest BCUT2D eigenvalue weighted by Gasteiger charge is -2.20. The molecule has 78 valence electrons. The first-order valence-electron chi connectivity index (χ1n) is 4.99. The minimum atomic E-state index is 0.103. The van der Waals surface area contributed by atoms with E-state index in [-0.39, 0.29) is 11.8 Å². The molecule has 0 saturated heterocycles. The zero-order valence-electron chi connectivity index (χ0n) is 9.17. The van der Waals surface area contributed by atoms with E-state index in [9.17, 15) is 4.79 Å². The molecule has 0 spiro atoms. The van der Waals surface area contributed by atoms with Gasteiger partial charge in [0.15, 0.2) is 0 Å².